The average molecular weight is 139 g/mol. The summed E-state index contributed by atoms with van der Waals surface area (Å²) in [6.07, 6.45) is 4.73. The van der Waals surface area contributed by atoms with Crippen molar-refractivity contribution in [3.05, 3.63) is 25.0 Å². The predicted octanol–water partition coefficient (Wildman–Crippen LogP) is 0.387. The molecule has 0 spiro atoms. The molecule has 0 aromatic carbocycles. The quantitative estimate of drug-likeness (QED) is 0.590. The minimum Gasteiger partial charge on any atom is -0.335 e. The van der Waals surface area contributed by atoms with E-state index in [0.29, 0.717) is 0 Å². The molecule has 1 atom stereocenters. The summed E-state index contributed by atoms with van der Waals surface area (Å²) in [6, 6.07) is 1.84. The molecule has 1 unspecified atom stereocenters. The van der Waals surface area contributed by atoms with E-state index in [2.05, 4.69) is 6.58 Å². The molecular formula is C7H11N2O+. The second-order valence-electron chi connectivity index (χ2n) is 2.07. The number of rotatable bonds is 2. The maximum atomic E-state index is 9.12. The van der Waals surface area contributed by atoms with Gasteiger partial charge >= 0.3 is 0 Å². The van der Waals surface area contributed by atoms with E-state index in [1.54, 1.807) is 28.7 Å². The summed E-state index contributed by atoms with van der Waals surface area (Å²) >= 11 is 0. The number of nitrogens with zero attached hydrogens (tertiary/aromatic N) is 2. The first-order valence-corrected chi connectivity index (χ1v) is 3.14. The SMILES string of the molecule is C=Cn1ccc[n+]1C(C)O. The van der Waals surface area contributed by atoms with Gasteiger partial charge in [0.25, 0.3) is 6.23 Å². The van der Waals surface area contributed by atoms with Crippen molar-refractivity contribution in [1.29, 1.82) is 0 Å². The molecule has 3 nitrogen and oxygen atoms in total. The summed E-state index contributed by atoms with van der Waals surface area (Å²) in [7, 11) is 0. The zero-order valence-corrected chi connectivity index (χ0v) is 5.94. The maximum Gasteiger partial charge on any atom is 0.281 e. The smallest absolute Gasteiger partial charge is 0.281 e. The molecule has 1 aromatic rings. The maximum absolute atomic E-state index is 9.12. The van der Waals surface area contributed by atoms with Gasteiger partial charge in [-0.25, -0.2) is 0 Å². The molecule has 3 heteroatoms. The molecule has 0 radical (unpaired) electrons. The molecule has 0 amide bonds. The molecule has 0 aliphatic heterocycles. The lowest BCUT2D eigenvalue weighted by atomic mass is 10.6. The van der Waals surface area contributed by atoms with Crippen molar-refractivity contribution < 1.29 is 9.79 Å². The van der Waals surface area contributed by atoms with Crippen LogP contribution in [0.2, 0.25) is 0 Å². The molecule has 0 fully saturated rings. The van der Waals surface area contributed by atoms with E-state index < -0.39 is 6.23 Å². The van der Waals surface area contributed by atoms with E-state index in [4.69, 9.17) is 5.11 Å². The molecule has 54 valence electrons. The van der Waals surface area contributed by atoms with Crippen LogP contribution in [-0.4, -0.2) is 9.79 Å². The van der Waals surface area contributed by atoms with E-state index in [9.17, 15) is 0 Å². The van der Waals surface area contributed by atoms with Crippen LogP contribution in [0.25, 0.3) is 6.20 Å². The topological polar surface area (TPSA) is 29.0 Å². The number of hydrogen-bond donors (Lipinski definition) is 1. The van der Waals surface area contributed by atoms with Crippen LogP contribution in [-0.2, 0) is 0 Å². The van der Waals surface area contributed by atoms with Crippen molar-refractivity contribution in [1.82, 2.24) is 4.68 Å². The highest BCUT2D eigenvalue weighted by Gasteiger charge is 2.10. The Morgan fingerprint density at radius 1 is 1.80 bits per heavy atom. The monoisotopic (exact) mass is 139 g/mol. The second-order valence-corrected chi connectivity index (χ2v) is 2.07. The molecule has 0 saturated heterocycles. The molecule has 0 bridgehead atoms. The van der Waals surface area contributed by atoms with Crippen LogP contribution in [0.3, 0.4) is 0 Å². The minimum absolute atomic E-state index is 0.506. The number of aliphatic hydroxyl groups excluding tert-OH is 1. The molecule has 1 aromatic heterocycles. The van der Waals surface area contributed by atoms with Crippen molar-refractivity contribution in [2.75, 3.05) is 0 Å². The second kappa shape index (κ2) is 2.66. The van der Waals surface area contributed by atoms with Crippen LogP contribution < -0.4 is 4.68 Å². The molecule has 0 saturated carbocycles. The first kappa shape index (κ1) is 7.02. The van der Waals surface area contributed by atoms with E-state index in [0.717, 1.165) is 0 Å². The molecule has 10 heavy (non-hydrogen) atoms. The lowest BCUT2D eigenvalue weighted by Gasteiger charge is -1.97. The van der Waals surface area contributed by atoms with Gasteiger partial charge in [0.1, 0.15) is 0 Å². The van der Waals surface area contributed by atoms with Crippen molar-refractivity contribution in [2.24, 2.45) is 0 Å². The highest BCUT2D eigenvalue weighted by atomic mass is 16.3. The zero-order chi connectivity index (χ0) is 7.56. The fourth-order valence-electron chi connectivity index (χ4n) is 0.841. The first-order chi connectivity index (χ1) is 4.75. The van der Waals surface area contributed by atoms with Gasteiger partial charge in [0, 0.05) is 13.0 Å². The fourth-order valence-corrected chi connectivity index (χ4v) is 0.841. The Balaban J connectivity index is 3.01. The summed E-state index contributed by atoms with van der Waals surface area (Å²) in [4.78, 5) is 0. The van der Waals surface area contributed by atoms with Crippen LogP contribution in [0, 0.1) is 0 Å². The van der Waals surface area contributed by atoms with Crippen LogP contribution >= 0.6 is 0 Å². The standard InChI is InChI=1S/C7H11N2O/c1-3-8-5-4-6-9(8)7(2)10/h3-7,10H,1H2,2H3/q+1. The average Bonchev–Trinajstić information content (AvgIpc) is 2.33. The molecule has 1 rings (SSSR count). The summed E-state index contributed by atoms with van der Waals surface area (Å²) in [6.45, 7) is 5.27. The normalized spacial score (nSPS) is 13.0. The Hall–Kier alpha value is -1.09. The number of aromatic nitrogens is 2. The Morgan fingerprint density at radius 3 is 2.90 bits per heavy atom. The van der Waals surface area contributed by atoms with Gasteiger partial charge in [0.15, 0.2) is 6.20 Å². The highest BCUT2D eigenvalue weighted by Crippen LogP contribution is 1.88. The highest BCUT2D eigenvalue weighted by molar-refractivity contribution is 5.09. The van der Waals surface area contributed by atoms with E-state index in [1.807, 2.05) is 12.3 Å². The summed E-state index contributed by atoms with van der Waals surface area (Å²) in [5.41, 5.74) is 0. The Morgan fingerprint density at radius 2 is 2.50 bits per heavy atom. The van der Waals surface area contributed by atoms with Crippen LogP contribution in [0.4, 0.5) is 0 Å². The van der Waals surface area contributed by atoms with E-state index in [-0.39, 0.29) is 0 Å². The third-order valence-electron chi connectivity index (χ3n) is 1.31. The lowest BCUT2D eigenvalue weighted by Crippen LogP contribution is -2.43. The van der Waals surface area contributed by atoms with Crippen LogP contribution in [0.1, 0.15) is 13.2 Å². The van der Waals surface area contributed by atoms with Crippen molar-refractivity contribution >= 4 is 6.20 Å². The molecule has 0 aliphatic rings. The number of hydrogen-bond acceptors (Lipinski definition) is 1. The van der Waals surface area contributed by atoms with Crippen molar-refractivity contribution in [3.63, 3.8) is 0 Å². The Bertz CT molecular complexity index is 227. The van der Waals surface area contributed by atoms with Crippen molar-refractivity contribution in [2.45, 2.75) is 13.2 Å². The van der Waals surface area contributed by atoms with Gasteiger partial charge in [-0.2, -0.15) is 0 Å². The third-order valence-corrected chi connectivity index (χ3v) is 1.31. The van der Waals surface area contributed by atoms with Gasteiger partial charge < -0.3 is 5.11 Å². The van der Waals surface area contributed by atoms with E-state index in [1.165, 1.54) is 0 Å². The van der Waals surface area contributed by atoms with Gasteiger partial charge in [-0.05, 0) is 0 Å². The molecule has 0 aliphatic carbocycles. The number of aliphatic hydroxyl groups is 1. The van der Waals surface area contributed by atoms with Crippen LogP contribution in [0.5, 0.6) is 0 Å². The summed E-state index contributed by atoms with van der Waals surface area (Å²) < 4.78 is 3.37. The van der Waals surface area contributed by atoms with Crippen LogP contribution in [0.15, 0.2) is 25.0 Å². The van der Waals surface area contributed by atoms with Crippen molar-refractivity contribution in [3.8, 4) is 0 Å². The van der Waals surface area contributed by atoms with Gasteiger partial charge in [-0.1, -0.05) is 11.3 Å². The van der Waals surface area contributed by atoms with E-state index >= 15 is 0 Å². The Kier molecular flexibility index (Phi) is 1.87. The lowest BCUT2D eigenvalue weighted by molar-refractivity contribution is -0.815. The minimum atomic E-state index is -0.506. The van der Waals surface area contributed by atoms with Gasteiger partial charge in [0.05, 0.1) is 12.4 Å². The summed E-state index contributed by atoms with van der Waals surface area (Å²) in [5, 5.41) is 9.12. The summed E-state index contributed by atoms with van der Waals surface area (Å²) in [5.74, 6) is 0. The third kappa shape index (κ3) is 1.09. The molecular weight excluding hydrogens is 128 g/mol. The molecule has 1 heterocycles. The predicted molar refractivity (Wildman–Crippen MR) is 37.9 cm³/mol. The largest absolute Gasteiger partial charge is 0.335 e. The fraction of sp³-hybridized carbons (Fsp3) is 0.286. The first-order valence-electron chi connectivity index (χ1n) is 3.14. The van der Waals surface area contributed by atoms with Gasteiger partial charge in [-0.15, -0.1) is 4.68 Å². The zero-order valence-electron chi connectivity index (χ0n) is 5.94. The Labute approximate surface area is 59.8 Å². The van der Waals surface area contributed by atoms with Gasteiger partial charge in [-0.3, -0.25) is 0 Å². The molecule has 1 N–H and O–H groups in total. The van der Waals surface area contributed by atoms with Gasteiger partial charge in [0.2, 0.25) is 0 Å².